The van der Waals surface area contributed by atoms with Crippen molar-refractivity contribution < 1.29 is 4.74 Å². The number of hydrazine groups is 1. The second kappa shape index (κ2) is 5.17. The molecule has 0 saturated carbocycles. The van der Waals surface area contributed by atoms with Crippen molar-refractivity contribution in [2.45, 2.75) is 19.1 Å². The number of anilines is 1. The van der Waals surface area contributed by atoms with E-state index >= 15 is 0 Å². The quantitative estimate of drug-likeness (QED) is 0.756. The minimum Gasteiger partial charge on any atom is -0.373 e. The van der Waals surface area contributed by atoms with Gasteiger partial charge in [-0.3, -0.25) is 10.9 Å². The number of morpholine rings is 1. The van der Waals surface area contributed by atoms with Crippen LogP contribution in [0.5, 0.6) is 0 Å². The minimum atomic E-state index is 0.188. The first-order valence-electron chi connectivity index (χ1n) is 6.46. The normalized spacial score (nSPS) is 32.7. The molecule has 2 saturated heterocycles. The predicted octanol–water partition coefficient (Wildman–Crippen LogP) is -0.206. The van der Waals surface area contributed by atoms with Crippen molar-refractivity contribution in [3.05, 3.63) is 18.5 Å². The number of ether oxygens (including phenoxy) is 1. The minimum absolute atomic E-state index is 0.188. The summed E-state index contributed by atoms with van der Waals surface area (Å²) >= 11 is 0. The van der Waals surface area contributed by atoms with E-state index < -0.39 is 0 Å². The molecular weight excluding hydrogens is 230 g/mol. The number of nitrogens with zero attached hydrogens (tertiary/aromatic N) is 3. The number of aromatic nitrogens is 2. The average molecular weight is 249 g/mol. The summed E-state index contributed by atoms with van der Waals surface area (Å²) in [7, 11) is 0. The van der Waals surface area contributed by atoms with Crippen molar-refractivity contribution >= 4 is 5.95 Å². The molecule has 6 heteroatoms. The fourth-order valence-electron chi connectivity index (χ4n) is 2.60. The second-order valence-corrected chi connectivity index (χ2v) is 4.93. The van der Waals surface area contributed by atoms with Crippen LogP contribution in [0.3, 0.4) is 0 Å². The standard InChI is InChI=1S/C12H19N5O/c1-9-7-15-16-11(9)10-8-17(5-6-18-10)12-13-3-2-4-14-12/h2-4,9-11,15-16H,5-8H2,1H3. The Morgan fingerprint density at radius 2 is 2.22 bits per heavy atom. The van der Waals surface area contributed by atoms with Gasteiger partial charge in [-0.05, 0) is 12.0 Å². The molecule has 3 rings (SSSR count). The Bertz CT molecular complexity index is 387. The molecule has 1 aromatic heterocycles. The van der Waals surface area contributed by atoms with Crippen molar-refractivity contribution in [3.63, 3.8) is 0 Å². The van der Waals surface area contributed by atoms with Crippen molar-refractivity contribution in [3.8, 4) is 0 Å². The summed E-state index contributed by atoms with van der Waals surface area (Å²) in [5, 5.41) is 0. The monoisotopic (exact) mass is 249 g/mol. The van der Waals surface area contributed by atoms with Gasteiger partial charge in [-0.15, -0.1) is 0 Å². The third-order valence-electron chi connectivity index (χ3n) is 3.63. The summed E-state index contributed by atoms with van der Waals surface area (Å²) in [6, 6.07) is 2.20. The van der Waals surface area contributed by atoms with Crippen LogP contribution in [0.15, 0.2) is 18.5 Å². The van der Waals surface area contributed by atoms with E-state index in [4.69, 9.17) is 4.74 Å². The summed E-state index contributed by atoms with van der Waals surface area (Å²) in [5.41, 5.74) is 6.50. The molecule has 3 unspecified atom stereocenters. The lowest BCUT2D eigenvalue weighted by atomic mass is 9.98. The number of nitrogens with one attached hydrogen (secondary N) is 2. The maximum Gasteiger partial charge on any atom is 0.225 e. The average Bonchev–Trinajstić information content (AvgIpc) is 2.86. The molecule has 3 heterocycles. The zero-order valence-electron chi connectivity index (χ0n) is 10.5. The Hall–Kier alpha value is -1.24. The largest absolute Gasteiger partial charge is 0.373 e. The zero-order valence-corrected chi connectivity index (χ0v) is 10.5. The third kappa shape index (κ3) is 2.31. The first-order chi connectivity index (χ1) is 8.84. The van der Waals surface area contributed by atoms with Gasteiger partial charge in [0.25, 0.3) is 0 Å². The van der Waals surface area contributed by atoms with E-state index in [2.05, 4.69) is 32.6 Å². The van der Waals surface area contributed by atoms with Gasteiger partial charge in [-0.2, -0.15) is 0 Å². The van der Waals surface area contributed by atoms with Crippen LogP contribution >= 0.6 is 0 Å². The van der Waals surface area contributed by atoms with Crippen LogP contribution in [0.4, 0.5) is 5.95 Å². The fraction of sp³-hybridized carbons (Fsp3) is 0.667. The van der Waals surface area contributed by atoms with Gasteiger partial charge in [-0.1, -0.05) is 6.92 Å². The van der Waals surface area contributed by atoms with Crippen LogP contribution in [0, 0.1) is 5.92 Å². The van der Waals surface area contributed by atoms with Crippen LogP contribution in [0.25, 0.3) is 0 Å². The van der Waals surface area contributed by atoms with Crippen LogP contribution < -0.4 is 15.8 Å². The lowest BCUT2D eigenvalue weighted by Gasteiger charge is -2.36. The summed E-state index contributed by atoms with van der Waals surface area (Å²) in [6.07, 6.45) is 3.75. The number of hydrogen-bond acceptors (Lipinski definition) is 6. The van der Waals surface area contributed by atoms with Crippen LogP contribution in [0.2, 0.25) is 0 Å². The van der Waals surface area contributed by atoms with Gasteiger partial charge in [0.15, 0.2) is 0 Å². The van der Waals surface area contributed by atoms with E-state index in [1.807, 2.05) is 6.07 Å². The lowest BCUT2D eigenvalue weighted by Crippen LogP contribution is -2.53. The molecule has 0 amide bonds. The highest BCUT2D eigenvalue weighted by atomic mass is 16.5. The first kappa shape index (κ1) is 11.8. The maximum atomic E-state index is 5.88. The molecular formula is C12H19N5O. The molecule has 0 bridgehead atoms. The molecule has 18 heavy (non-hydrogen) atoms. The van der Waals surface area contributed by atoms with Gasteiger partial charge < -0.3 is 9.64 Å². The zero-order chi connectivity index (χ0) is 12.4. The number of rotatable bonds is 2. The van der Waals surface area contributed by atoms with Gasteiger partial charge in [0.2, 0.25) is 5.95 Å². The SMILES string of the molecule is CC1CNNC1C1CN(c2ncccn2)CCO1. The molecule has 98 valence electrons. The van der Waals surface area contributed by atoms with Crippen molar-refractivity contribution in [2.75, 3.05) is 31.1 Å². The second-order valence-electron chi connectivity index (χ2n) is 4.93. The Morgan fingerprint density at radius 3 is 2.94 bits per heavy atom. The van der Waals surface area contributed by atoms with Gasteiger partial charge in [0.1, 0.15) is 0 Å². The Labute approximate surface area is 107 Å². The summed E-state index contributed by atoms with van der Waals surface area (Å²) in [5.74, 6) is 1.37. The van der Waals surface area contributed by atoms with E-state index in [0.29, 0.717) is 12.0 Å². The van der Waals surface area contributed by atoms with Crippen LogP contribution in [-0.4, -0.2) is 48.4 Å². The molecule has 0 aromatic carbocycles. The van der Waals surface area contributed by atoms with Crippen molar-refractivity contribution in [1.29, 1.82) is 0 Å². The third-order valence-corrected chi connectivity index (χ3v) is 3.63. The maximum absolute atomic E-state index is 5.88. The lowest BCUT2D eigenvalue weighted by molar-refractivity contribution is 0.0101. The van der Waals surface area contributed by atoms with Crippen LogP contribution in [0.1, 0.15) is 6.92 Å². The number of hydrogen-bond donors (Lipinski definition) is 2. The van der Waals surface area contributed by atoms with E-state index in [-0.39, 0.29) is 6.10 Å². The topological polar surface area (TPSA) is 62.3 Å². The molecule has 0 radical (unpaired) electrons. The van der Waals surface area contributed by atoms with E-state index in [1.165, 1.54) is 0 Å². The molecule has 2 fully saturated rings. The highest BCUT2D eigenvalue weighted by Crippen LogP contribution is 2.19. The van der Waals surface area contributed by atoms with Crippen molar-refractivity contribution in [1.82, 2.24) is 20.8 Å². The molecule has 3 atom stereocenters. The van der Waals surface area contributed by atoms with Gasteiger partial charge in [0, 0.05) is 32.0 Å². The van der Waals surface area contributed by atoms with Crippen LogP contribution in [-0.2, 0) is 4.74 Å². The van der Waals surface area contributed by atoms with E-state index in [1.54, 1.807) is 12.4 Å². The molecule has 0 spiro atoms. The van der Waals surface area contributed by atoms with Gasteiger partial charge in [0.05, 0.1) is 18.8 Å². The van der Waals surface area contributed by atoms with E-state index in [9.17, 15) is 0 Å². The summed E-state index contributed by atoms with van der Waals surface area (Å²) < 4.78 is 5.88. The molecule has 6 nitrogen and oxygen atoms in total. The van der Waals surface area contributed by atoms with Crippen molar-refractivity contribution in [2.24, 2.45) is 5.92 Å². The molecule has 2 N–H and O–H groups in total. The molecule has 2 aliphatic rings. The fourth-order valence-corrected chi connectivity index (χ4v) is 2.60. The smallest absolute Gasteiger partial charge is 0.225 e. The summed E-state index contributed by atoms with van der Waals surface area (Å²) in [6.45, 7) is 5.65. The van der Waals surface area contributed by atoms with Gasteiger partial charge >= 0.3 is 0 Å². The molecule has 1 aromatic rings. The molecule has 0 aliphatic carbocycles. The Kier molecular flexibility index (Phi) is 3.40. The van der Waals surface area contributed by atoms with E-state index in [0.717, 1.165) is 32.2 Å². The molecule has 2 aliphatic heterocycles. The van der Waals surface area contributed by atoms with Gasteiger partial charge in [-0.25, -0.2) is 9.97 Å². The highest BCUT2D eigenvalue weighted by molar-refractivity contribution is 5.29. The Balaban J connectivity index is 1.69. The first-order valence-corrected chi connectivity index (χ1v) is 6.46. The Morgan fingerprint density at radius 1 is 1.39 bits per heavy atom. The highest BCUT2D eigenvalue weighted by Gasteiger charge is 2.35. The summed E-state index contributed by atoms with van der Waals surface area (Å²) in [4.78, 5) is 10.8. The predicted molar refractivity (Wildman–Crippen MR) is 68.1 cm³/mol.